The maximum absolute atomic E-state index is 11.8. The Balaban J connectivity index is 1.77. The van der Waals surface area contributed by atoms with Gasteiger partial charge in [-0.3, -0.25) is 9.59 Å². The van der Waals surface area contributed by atoms with E-state index in [0.29, 0.717) is 6.42 Å². The lowest BCUT2D eigenvalue weighted by molar-refractivity contribution is -0.140. The van der Waals surface area contributed by atoms with Crippen LogP contribution in [0.1, 0.15) is 26.2 Å². The van der Waals surface area contributed by atoms with Gasteiger partial charge in [-0.25, -0.2) is 0 Å². The second-order valence-corrected chi connectivity index (χ2v) is 5.03. The van der Waals surface area contributed by atoms with Crippen molar-refractivity contribution in [2.24, 2.45) is 11.8 Å². The molecule has 1 aliphatic heterocycles. The Kier molecular flexibility index (Phi) is 3.66. The average molecular weight is 240 g/mol. The minimum absolute atomic E-state index is 0.0691. The molecule has 1 saturated carbocycles. The fourth-order valence-corrected chi connectivity index (χ4v) is 2.53. The molecule has 2 aliphatic rings. The zero-order chi connectivity index (χ0) is 12.4. The summed E-state index contributed by atoms with van der Waals surface area (Å²) < 4.78 is 0. The maximum atomic E-state index is 11.8. The van der Waals surface area contributed by atoms with Crippen LogP contribution in [0.15, 0.2) is 0 Å². The minimum Gasteiger partial charge on any atom is -0.481 e. The van der Waals surface area contributed by atoms with Crippen LogP contribution >= 0.6 is 0 Å². The monoisotopic (exact) mass is 240 g/mol. The van der Waals surface area contributed by atoms with Crippen molar-refractivity contribution in [1.29, 1.82) is 0 Å². The van der Waals surface area contributed by atoms with E-state index < -0.39 is 11.9 Å². The highest BCUT2D eigenvalue weighted by Crippen LogP contribution is 2.38. The summed E-state index contributed by atoms with van der Waals surface area (Å²) in [6, 6.07) is 0.200. The maximum Gasteiger partial charge on any atom is 0.307 e. The van der Waals surface area contributed by atoms with Gasteiger partial charge < -0.3 is 15.3 Å². The molecule has 0 bridgehead atoms. The molecule has 5 heteroatoms. The van der Waals surface area contributed by atoms with Crippen molar-refractivity contribution >= 4 is 11.9 Å². The van der Waals surface area contributed by atoms with Gasteiger partial charge in [-0.1, -0.05) is 6.92 Å². The van der Waals surface area contributed by atoms with E-state index in [1.54, 1.807) is 0 Å². The summed E-state index contributed by atoms with van der Waals surface area (Å²) in [7, 11) is 0. The Morgan fingerprint density at radius 3 is 2.76 bits per heavy atom. The second kappa shape index (κ2) is 5.04. The number of nitrogens with zero attached hydrogens (tertiary/aromatic N) is 1. The van der Waals surface area contributed by atoms with E-state index >= 15 is 0 Å². The molecule has 1 aliphatic carbocycles. The SMILES string of the molecule is CCN1CCCC(NC(=O)[C@@H]2C[C@@H]2C(=O)O)C1. The molecule has 0 aromatic carbocycles. The summed E-state index contributed by atoms with van der Waals surface area (Å²) in [4.78, 5) is 24.8. The number of hydrogen-bond acceptors (Lipinski definition) is 3. The van der Waals surface area contributed by atoms with Gasteiger partial charge in [0.1, 0.15) is 0 Å². The average Bonchev–Trinajstić information content (AvgIpc) is 3.09. The lowest BCUT2D eigenvalue weighted by Gasteiger charge is -2.32. The third-order valence-electron chi connectivity index (χ3n) is 3.74. The second-order valence-electron chi connectivity index (χ2n) is 5.03. The van der Waals surface area contributed by atoms with Gasteiger partial charge in [0.15, 0.2) is 0 Å². The highest BCUT2D eigenvalue weighted by atomic mass is 16.4. The Bertz CT molecular complexity index is 319. The van der Waals surface area contributed by atoms with Gasteiger partial charge in [0.2, 0.25) is 5.91 Å². The Morgan fingerprint density at radius 2 is 2.18 bits per heavy atom. The summed E-state index contributed by atoms with van der Waals surface area (Å²) >= 11 is 0. The van der Waals surface area contributed by atoms with Crippen LogP contribution in [0.3, 0.4) is 0 Å². The lowest BCUT2D eigenvalue weighted by atomic mass is 10.1. The number of carbonyl (C=O) groups is 2. The van der Waals surface area contributed by atoms with Gasteiger partial charge in [-0.2, -0.15) is 0 Å². The third-order valence-corrected chi connectivity index (χ3v) is 3.74. The molecule has 1 unspecified atom stereocenters. The molecule has 0 aromatic rings. The van der Waals surface area contributed by atoms with Crippen molar-refractivity contribution in [3.63, 3.8) is 0 Å². The predicted octanol–water partition coefficient (Wildman–Crippen LogP) is 0.308. The normalized spacial score (nSPS) is 33.1. The van der Waals surface area contributed by atoms with E-state index in [4.69, 9.17) is 5.11 Å². The zero-order valence-electron chi connectivity index (χ0n) is 10.2. The first kappa shape index (κ1) is 12.4. The molecular formula is C12H20N2O3. The van der Waals surface area contributed by atoms with E-state index in [-0.39, 0.29) is 17.9 Å². The molecular weight excluding hydrogens is 220 g/mol. The van der Waals surface area contributed by atoms with Crippen molar-refractivity contribution in [3.05, 3.63) is 0 Å². The number of piperidine rings is 1. The standard InChI is InChI=1S/C12H20N2O3/c1-2-14-5-3-4-8(7-14)13-11(15)9-6-10(9)12(16)17/h8-10H,2-7H2,1H3,(H,13,15)(H,16,17)/t8?,9-,10+/m1/s1. The van der Waals surface area contributed by atoms with Gasteiger partial charge in [0.05, 0.1) is 11.8 Å². The number of rotatable bonds is 4. The van der Waals surface area contributed by atoms with E-state index in [9.17, 15) is 9.59 Å². The fraction of sp³-hybridized carbons (Fsp3) is 0.833. The molecule has 3 atom stereocenters. The number of likely N-dealkylation sites (tertiary alicyclic amines) is 1. The molecule has 1 heterocycles. The number of aliphatic carboxylic acids is 1. The van der Waals surface area contributed by atoms with Crippen LogP contribution in [0.25, 0.3) is 0 Å². The molecule has 1 amide bonds. The summed E-state index contributed by atoms with van der Waals surface area (Å²) in [5, 5.41) is 11.8. The smallest absolute Gasteiger partial charge is 0.307 e. The van der Waals surface area contributed by atoms with Crippen molar-refractivity contribution in [2.45, 2.75) is 32.2 Å². The van der Waals surface area contributed by atoms with E-state index in [1.807, 2.05) is 0 Å². The number of nitrogens with one attached hydrogen (secondary N) is 1. The molecule has 0 radical (unpaired) electrons. The predicted molar refractivity (Wildman–Crippen MR) is 62.5 cm³/mol. The molecule has 17 heavy (non-hydrogen) atoms. The first-order valence-electron chi connectivity index (χ1n) is 6.37. The highest BCUT2D eigenvalue weighted by Gasteiger charge is 2.48. The van der Waals surface area contributed by atoms with Crippen LogP contribution in [0.2, 0.25) is 0 Å². The van der Waals surface area contributed by atoms with Crippen LogP contribution in [0.5, 0.6) is 0 Å². The van der Waals surface area contributed by atoms with Gasteiger partial charge >= 0.3 is 5.97 Å². The topological polar surface area (TPSA) is 69.6 Å². The van der Waals surface area contributed by atoms with Crippen molar-refractivity contribution < 1.29 is 14.7 Å². The first-order valence-corrected chi connectivity index (χ1v) is 6.37. The molecule has 2 N–H and O–H groups in total. The van der Waals surface area contributed by atoms with Crippen molar-refractivity contribution in [3.8, 4) is 0 Å². The van der Waals surface area contributed by atoms with E-state index in [2.05, 4.69) is 17.1 Å². The van der Waals surface area contributed by atoms with Crippen molar-refractivity contribution in [2.75, 3.05) is 19.6 Å². The van der Waals surface area contributed by atoms with Gasteiger partial charge in [0, 0.05) is 12.6 Å². The van der Waals surface area contributed by atoms with Crippen LogP contribution in [-0.2, 0) is 9.59 Å². The van der Waals surface area contributed by atoms with Crippen LogP contribution in [0.4, 0.5) is 0 Å². The van der Waals surface area contributed by atoms with Crippen LogP contribution in [0, 0.1) is 11.8 Å². The molecule has 0 aromatic heterocycles. The lowest BCUT2D eigenvalue weighted by Crippen LogP contribution is -2.48. The van der Waals surface area contributed by atoms with Crippen LogP contribution in [-0.4, -0.2) is 47.6 Å². The number of carbonyl (C=O) groups excluding carboxylic acids is 1. The highest BCUT2D eigenvalue weighted by molar-refractivity contribution is 5.89. The Labute approximate surface area is 101 Å². The molecule has 96 valence electrons. The number of carboxylic acid groups (broad SMARTS) is 1. The summed E-state index contributed by atoms with van der Waals surface area (Å²) in [6.45, 7) is 5.12. The summed E-state index contributed by atoms with van der Waals surface area (Å²) in [5.74, 6) is -1.64. The van der Waals surface area contributed by atoms with Gasteiger partial charge in [-0.05, 0) is 32.4 Å². The number of amides is 1. The number of carboxylic acids is 1. The molecule has 2 fully saturated rings. The minimum atomic E-state index is -0.844. The first-order chi connectivity index (χ1) is 8.11. The quantitative estimate of drug-likeness (QED) is 0.742. The summed E-state index contributed by atoms with van der Waals surface area (Å²) in [6.07, 6.45) is 2.61. The van der Waals surface area contributed by atoms with Crippen molar-refractivity contribution in [1.82, 2.24) is 10.2 Å². The van der Waals surface area contributed by atoms with E-state index in [0.717, 1.165) is 32.5 Å². The Morgan fingerprint density at radius 1 is 1.41 bits per heavy atom. The third kappa shape index (κ3) is 2.97. The fourth-order valence-electron chi connectivity index (χ4n) is 2.53. The van der Waals surface area contributed by atoms with E-state index in [1.165, 1.54) is 0 Å². The molecule has 5 nitrogen and oxygen atoms in total. The molecule has 0 spiro atoms. The zero-order valence-corrected chi connectivity index (χ0v) is 10.2. The largest absolute Gasteiger partial charge is 0.481 e. The number of likely N-dealkylation sites (N-methyl/N-ethyl adjacent to an activating group) is 1. The molecule has 2 rings (SSSR count). The summed E-state index contributed by atoms with van der Waals surface area (Å²) in [5.41, 5.74) is 0. The van der Waals surface area contributed by atoms with Gasteiger partial charge in [-0.15, -0.1) is 0 Å². The molecule has 1 saturated heterocycles. The number of hydrogen-bond donors (Lipinski definition) is 2. The Hall–Kier alpha value is -1.10. The van der Waals surface area contributed by atoms with Crippen LogP contribution < -0.4 is 5.32 Å². The van der Waals surface area contributed by atoms with Gasteiger partial charge in [0.25, 0.3) is 0 Å².